The number of hydrogen-bond acceptors (Lipinski definition) is 4. The van der Waals surface area contributed by atoms with Crippen LogP contribution in [0.1, 0.15) is 94.9 Å². The number of carbonyl (C=O) groups is 2. The third-order valence-corrected chi connectivity index (χ3v) is 6.52. The highest BCUT2D eigenvalue weighted by molar-refractivity contribution is 5.73. The van der Waals surface area contributed by atoms with E-state index in [1.54, 1.807) is 6.92 Å². The van der Waals surface area contributed by atoms with E-state index in [1.807, 2.05) is 13.8 Å². The molecule has 0 radical (unpaired) electrons. The molecule has 0 saturated carbocycles. The van der Waals surface area contributed by atoms with Crippen molar-refractivity contribution in [3.05, 3.63) is 0 Å². The largest absolute Gasteiger partial charge is 0.461 e. The zero-order valence-corrected chi connectivity index (χ0v) is 20.7. The number of esters is 1. The van der Waals surface area contributed by atoms with Gasteiger partial charge in [-0.15, -0.1) is 0 Å². The molecule has 0 saturated heterocycles. The quantitative estimate of drug-likeness (QED) is 0.227. The molecule has 7 atom stereocenters. The van der Waals surface area contributed by atoms with Gasteiger partial charge in [0.1, 0.15) is 12.2 Å². The summed E-state index contributed by atoms with van der Waals surface area (Å²) in [6.45, 7) is 21.9. The summed E-state index contributed by atoms with van der Waals surface area (Å²) in [5.41, 5.74) is 0. The molecule has 0 aliphatic heterocycles. The molecule has 0 aromatic heterocycles. The van der Waals surface area contributed by atoms with E-state index in [2.05, 4.69) is 48.5 Å². The van der Waals surface area contributed by atoms with Gasteiger partial charge in [-0.3, -0.25) is 9.59 Å². The van der Waals surface area contributed by atoms with Crippen molar-refractivity contribution >= 4 is 12.4 Å². The predicted molar refractivity (Wildman–Crippen MR) is 120 cm³/mol. The van der Waals surface area contributed by atoms with Gasteiger partial charge in [0.15, 0.2) is 0 Å². The second kappa shape index (κ2) is 14.0. The molecule has 0 N–H and O–H groups in total. The Morgan fingerprint density at radius 1 is 0.828 bits per heavy atom. The molecule has 0 amide bonds. The van der Waals surface area contributed by atoms with Gasteiger partial charge in [0.25, 0.3) is 6.47 Å². The number of carbonyl (C=O) groups excluding carboxylic acids is 2. The first-order valence-corrected chi connectivity index (χ1v) is 11.7. The molecule has 4 nitrogen and oxygen atoms in total. The number of rotatable bonds is 15. The lowest BCUT2D eigenvalue weighted by atomic mass is 9.78. The Morgan fingerprint density at radius 2 is 1.38 bits per heavy atom. The molecule has 172 valence electrons. The topological polar surface area (TPSA) is 52.6 Å². The van der Waals surface area contributed by atoms with Crippen LogP contribution in [-0.4, -0.2) is 24.6 Å². The zero-order chi connectivity index (χ0) is 22.7. The van der Waals surface area contributed by atoms with Gasteiger partial charge in [-0.25, -0.2) is 0 Å². The van der Waals surface area contributed by atoms with Gasteiger partial charge in [-0.2, -0.15) is 0 Å². The maximum absolute atomic E-state index is 13.1. The van der Waals surface area contributed by atoms with Crippen LogP contribution in [-0.2, 0) is 19.1 Å². The Hall–Kier alpha value is -1.06. The van der Waals surface area contributed by atoms with Crippen LogP contribution < -0.4 is 0 Å². The molecule has 0 aromatic carbocycles. The first kappa shape index (κ1) is 27.9. The summed E-state index contributed by atoms with van der Waals surface area (Å²) in [4.78, 5) is 23.9. The van der Waals surface area contributed by atoms with Crippen molar-refractivity contribution in [2.45, 2.75) is 107 Å². The van der Waals surface area contributed by atoms with Crippen molar-refractivity contribution in [1.29, 1.82) is 0 Å². The Labute approximate surface area is 180 Å². The van der Waals surface area contributed by atoms with Crippen molar-refractivity contribution in [1.82, 2.24) is 0 Å². The fraction of sp³-hybridized carbons (Fsp3) is 0.920. The molecule has 29 heavy (non-hydrogen) atoms. The molecular formula is C25H48O4. The van der Waals surface area contributed by atoms with Crippen LogP contribution in [0.5, 0.6) is 0 Å². The second-order valence-electron chi connectivity index (χ2n) is 10.2. The molecule has 0 aliphatic rings. The summed E-state index contributed by atoms with van der Waals surface area (Å²) in [5.74, 6) is 2.51. The smallest absolute Gasteiger partial charge is 0.309 e. The average molecular weight is 413 g/mol. The Morgan fingerprint density at radius 3 is 1.83 bits per heavy atom. The van der Waals surface area contributed by atoms with Gasteiger partial charge in [-0.05, 0) is 61.7 Å². The van der Waals surface area contributed by atoms with E-state index in [9.17, 15) is 9.59 Å². The molecule has 0 bridgehead atoms. The number of hydrogen-bond donors (Lipinski definition) is 0. The summed E-state index contributed by atoms with van der Waals surface area (Å²) in [5, 5.41) is 0. The van der Waals surface area contributed by atoms with Crippen LogP contribution in [0.4, 0.5) is 0 Å². The van der Waals surface area contributed by atoms with E-state index in [0.29, 0.717) is 24.2 Å². The minimum absolute atomic E-state index is 0.0826. The molecule has 7 unspecified atom stereocenters. The van der Waals surface area contributed by atoms with Crippen LogP contribution in [0.25, 0.3) is 0 Å². The lowest BCUT2D eigenvalue weighted by Crippen LogP contribution is -2.39. The predicted octanol–water partition coefficient (Wildman–Crippen LogP) is 6.51. The van der Waals surface area contributed by atoms with Gasteiger partial charge >= 0.3 is 5.97 Å². The average Bonchev–Trinajstić information content (AvgIpc) is 2.62. The second-order valence-corrected chi connectivity index (χ2v) is 10.2. The maximum atomic E-state index is 13.1. The third kappa shape index (κ3) is 10.5. The fourth-order valence-electron chi connectivity index (χ4n) is 4.39. The van der Waals surface area contributed by atoms with Gasteiger partial charge in [0.2, 0.25) is 0 Å². The van der Waals surface area contributed by atoms with E-state index in [-0.39, 0.29) is 23.7 Å². The summed E-state index contributed by atoms with van der Waals surface area (Å²) < 4.78 is 11.0. The van der Waals surface area contributed by atoms with Gasteiger partial charge in [0.05, 0.1) is 5.92 Å². The van der Waals surface area contributed by atoms with Crippen LogP contribution >= 0.6 is 0 Å². The van der Waals surface area contributed by atoms with Crippen molar-refractivity contribution in [3.8, 4) is 0 Å². The summed E-state index contributed by atoms with van der Waals surface area (Å²) >= 11 is 0. The first-order chi connectivity index (χ1) is 13.4. The minimum atomic E-state index is -0.443. The van der Waals surface area contributed by atoms with E-state index < -0.39 is 12.2 Å². The summed E-state index contributed by atoms with van der Waals surface area (Å²) in [7, 11) is 0. The minimum Gasteiger partial charge on any atom is -0.461 e. The molecule has 0 aliphatic carbocycles. The van der Waals surface area contributed by atoms with Gasteiger partial charge < -0.3 is 9.47 Å². The van der Waals surface area contributed by atoms with Crippen molar-refractivity contribution in [2.75, 3.05) is 0 Å². The summed E-state index contributed by atoms with van der Waals surface area (Å²) in [6.07, 6.45) is 3.39. The highest BCUT2D eigenvalue weighted by Crippen LogP contribution is 2.32. The normalized spacial score (nSPS) is 19.2. The highest BCUT2D eigenvalue weighted by Gasteiger charge is 2.33. The first-order valence-electron chi connectivity index (χ1n) is 11.7. The van der Waals surface area contributed by atoms with Crippen molar-refractivity contribution < 1.29 is 19.1 Å². The van der Waals surface area contributed by atoms with Gasteiger partial charge in [-0.1, -0.05) is 68.7 Å². The van der Waals surface area contributed by atoms with E-state index in [1.165, 1.54) is 12.8 Å². The molecule has 0 spiro atoms. The van der Waals surface area contributed by atoms with Crippen LogP contribution in [0, 0.1) is 41.4 Å². The standard InChI is InChI=1S/C25H48O4/c1-11-19(7)20(8)13-18(6)14-21(9)23(12-16(2)3)25(27)29-24(17(4)5)22(10)28-15-26/h15-24H,11-14H2,1-10H3. The van der Waals surface area contributed by atoms with Crippen molar-refractivity contribution in [2.24, 2.45) is 41.4 Å². The van der Waals surface area contributed by atoms with Gasteiger partial charge in [0, 0.05) is 0 Å². The Kier molecular flexibility index (Phi) is 13.5. The fourth-order valence-corrected chi connectivity index (χ4v) is 4.39. The van der Waals surface area contributed by atoms with E-state index in [0.717, 1.165) is 18.8 Å². The third-order valence-electron chi connectivity index (χ3n) is 6.52. The molecule has 0 heterocycles. The molecule has 0 fully saturated rings. The summed E-state index contributed by atoms with van der Waals surface area (Å²) in [6, 6.07) is 0. The zero-order valence-electron chi connectivity index (χ0n) is 20.7. The number of ether oxygens (including phenoxy) is 2. The van der Waals surface area contributed by atoms with Crippen molar-refractivity contribution in [3.63, 3.8) is 0 Å². The molecule has 0 aromatic rings. The molecular weight excluding hydrogens is 364 g/mol. The van der Waals surface area contributed by atoms with Crippen LogP contribution in [0.15, 0.2) is 0 Å². The monoisotopic (exact) mass is 412 g/mol. The molecule has 4 heteroatoms. The van der Waals surface area contributed by atoms with Crippen LogP contribution in [0.3, 0.4) is 0 Å². The van der Waals surface area contributed by atoms with E-state index in [4.69, 9.17) is 9.47 Å². The van der Waals surface area contributed by atoms with E-state index >= 15 is 0 Å². The lowest BCUT2D eigenvalue weighted by molar-refractivity contribution is -0.170. The highest BCUT2D eigenvalue weighted by atomic mass is 16.6. The van der Waals surface area contributed by atoms with Crippen LogP contribution in [0.2, 0.25) is 0 Å². The SMILES string of the molecule is CCC(C)C(C)CC(C)CC(C)C(CC(C)C)C(=O)OC(C(C)C)C(C)OC=O. The Bertz CT molecular complexity index is 460. The maximum Gasteiger partial charge on any atom is 0.309 e. The molecule has 0 rings (SSSR count). The lowest BCUT2D eigenvalue weighted by Gasteiger charge is -2.32. The Balaban J connectivity index is 5.16.